The van der Waals surface area contributed by atoms with Crippen molar-refractivity contribution in [1.29, 1.82) is 0 Å². The van der Waals surface area contributed by atoms with Gasteiger partial charge in [0.2, 0.25) is 0 Å². The monoisotopic (exact) mass is 302 g/mol. The first-order chi connectivity index (χ1) is 10.1. The number of para-hydroxylation sites is 1. The van der Waals surface area contributed by atoms with E-state index in [2.05, 4.69) is 61.4 Å². The molecule has 2 aromatic rings. The van der Waals surface area contributed by atoms with Gasteiger partial charge in [0.15, 0.2) is 0 Å². The van der Waals surface area contributed by atoms with Crippen LogP contribution in [0, 0.1) is 0 Å². The predicted molar refractivity (Wildman–Crippen MR) is 92.0 cm³/mol. The van der Waals surface area contributed by atoms with Gasteiger partial charge >= 0.3 is 0 Å². The van der Waals surface area contributed by atoms with Crippen LogP contribution in [0.4, 0.5) is 5.69 Å². The fourth-order valence-corrected chi connectivity index (χ4v) is 2.72. The number of rotatable bonds is 6. The van der Waals surface area contributed by atoms with Gasteiger partial charge in [0, 0.05) is 26.2 Å². The third kappa shape index (κ3) is 4.48. The van der Waals surface area contributed by atoms with Gasteiger partial charge in [-0.15, -0.1) is 0 Å². The second-order valence-electron chi connectivity index (χ2n) is 5.62. The Balaban J connectivity index is 2.20. The number of halogens is 1. The van der Waals surface area contributed by atoms with Crippen molar-refractivity contribution in [1.82, 2.24) is 5.32 Å². The zero-order valence-corrected chi connectivity index (χ0v) is 13.7. The fraction of sp³-hybridized carbons (Fsp3) is 0.333. The second kappa shape index (κ2) is 7.48. The van der Waals surface area contributed by atoms with Gasteiger partial charge in [-0.3, -0.25) is 0 Å². The number of nitrogens with one attached hydrogen (secondary N) is 1. The van der Waals surface area contributed by atoms with Crippen molar-refractivity contribution in [2.24, 2.45) is 0 Å². The number of hydrogen-bond donors (Lipinski definition) is 1. The largest absolute Gasteiger partial charge is 0.369 e. The van der Waals surface area contributed by atoms with Crippen LogP contribution in [0.25, 0.3) is 0 Å². The van der Waals surface area contributed by atoms with Crippen LogP contribution in [-0.2, 0) is 13.1 Å². The van der Waals surface area contributed by atoms with E-state index in [-0.39, 0.29) is 0 Å². The summed E-state index contributed by atoms with van der Waals surface area (Å²) in [5, 5.41) is 4.27. The van der Waals surface area contributed by atoms with Crippen molar-refractivity contribution in [2.75, 3.05) is 11.9 Å². The zero-order chi connectivity index (χ0) is 15.2. The minimum atomic E-state index is 0.455. The Morgan fingerprint density at radius 3 is 2.43 bits per heavy atom. The maximum absolute atomic E-state index is 6.44. The molecule has 2 rings (SSSR count). The normalized spacial score (nSPS) is 10.9. The summed E-state index contributed by atoms with van der Waals surface area (Å²) in [5.74, 6) is 0. The molecule has 0 aliphatic rings. The predicted octanol–water partition coefficient (Wildman–Crippen LogP) is 4.47. The highest BCUT2D eigenvalue weighted by Crippen LogP contribution is 2.30. The molecule has 3 heteroatoms. The molecule has 0 atom stereocenters. The second-order valence-corrected chi connectivity index (χ2v) is 6.03. The van der Waals surface area contributed by atoms with Crippen LogP contribution in [0.2, 0.25) is 5.02 Å². The Bertz CT molecular complexity index is 567. The molecule has 0 aromatic heterocycles. The van der Waals surface area contributed by atoms with E-state index in [9.17, 15) is 0 Å². The molecule has 0 fully saturated rings. The lowest BCUT2D eigenvalue weighted by Gasteiger charge is -2.24. The lowest BCUT2D eigenvalue weighted by molar-refractivity contribution is 0.588. The van der Waals surface area contributed by atoms with Crippen molar-refractivity contribution in [3.63, 3.8) is 0 Å². The van der Waals surface area contributed by atoms with Crippen molar-refractivity contribution < 1.29 is 0 Å². The number of anilines is 1. The highest BCUT2D eigenvalue weighted by Gasteiger charge is 2.12. The standard InChI is InChI=1S/C18H23ClN2/c1-14(2)20-12-16-10-7-11-17(19)18(16)21(3)13-15-8-5-4-6-9-15/h4-11,14,20H,12-13H2,1-3H3. The third-order valence-electron chi connectivity index (χ3n) is 3.42. The summed E-state index contributed by atoms with van der Waals surface area (Å²) in [6.07, 6.45) is 0. The maximum atomic E-state index is 6.44. The molecule has 0 saturated carbocycles. The van der Waals surface area contributed by atoms with Crippen molar-refractivity contribution in [2.45, 2.75) is 33.0 Å². The van der Waals surface area contributed by atoms with Crippen LogP contribution in [-0.4, -0.2) is 13.1 Å². The number of nitrogens with zero attached hydrogens (tertiary/aromatic N) is 1. The molecule has 0 saturated heterocycles. The quantitative estimate of drug-likeness (QED) is 0.846. The summed E-state index contributed by atoms with van der Waals surface area (Å²) in [6, 6.07) is 17.0. The Morgan fingerprint density at radius 2 is 1.76 bits per heavy atom. The first-order valence-electron chi connectivity index (χ1n) is 7.33. The van der Waals surface area contributed by atoms with Crippen LogP contribution in [0.3, 0.4) is 0 Å². The summed E-state index contributed by atoms with van der Waals surface area (Å²) >= 11 is 6.44. The molecule has 0 bridgehead atoms. The Morgan fingerprint density at radius 1 is 1.05 bits per heavy atom. The van der Waals surface area contributed by atoms with Gasteiger partial charge < -0.3 is 10.2 Å². The lowest BCUT2D eigenvalue weighted by atomic mass is 10.1. The molecule has 0 amide bonds. The fourth-order valence-electron chi connectivity index (χ4n) is 2.38. The summed E-state index contributed by atoms with van der Waals surface area (Å²) in [5.41, 5.74) is 3.62. The SMILES string of the molecule is CC(C)NCc1cccc(Cl)c1N(C)Cc1ccccc1. The van der Waals surface area contributed by atoms with Crippen molar-refractivity contribution in [3.05, 3.63) is 64.7 Å². The number of hydrogen-bond acceptors (Lipinski definition) is 2. The van der Waals surface area contributed by atoms with Crippen LogP contribution in [0.1, 0.15) is 25.0 Å². The Hall–Kier alpha value is -1.51. The smallest absolute Gasteiger partial charge is 0.0642 e. The Labute approximate surface area is 132 Å². The van der Waals surface area contributed by atoms with Gasteiger partial charge in [0.05, 0.1) is 10.7 Å². The van der Waals surface area contributed by atoms with E-state index in [0.29, 0.717) is 6.04 Å². The molecule has 1 N–H and O–H groups in total. The summed E-state index contributed by atoms with van der Waals surface area (Å²) in [4.78, 5) is 2.22. The average molecular weight is 303 g/mol. The molecule has 0 aliphatic heterocycles. The molecule has 2 nitrogen and oxygen atoms in total. The highest BCUT2D eigenvalue weighted by molar-refractivity contribution is 6.33. The van der Waals surface area contributed by atoms with Gasteiger partial charge in [-0.1, -0.05) is 67.9 Å². The van der Waals surface area contributed by atoms with Gasteiger partial charge in [-0.2, -0.15) is 0 Å². The summed E-state index contributed by atoms with van der Waals surface area (Å²) in [7, 11) is 2.09. The molecule has 21 heavy (non-hydrogen) atoms. The topological polar surface area (TPSA) is 15.3 Å². The molecule has 0 heterocycles. The first-order valence-corrected chi connectivity index (χ1v) is 7.71. The average Bonchev–Trinajstić information content (AvgIpc) is 2.46. The van der Waals surface area contributed by atoms with Crippen LogP contribution in [0.15, 0.2) is 48.5 Å². The van der Waals surface area contributed by atoms with Gasteiger partial charge in [-0.25, -0.2) is 0 Å². The van der Waals surface area contributed by atoms with Crippen molar-refractivity contribution >= 4 is 17.3 Å². The lowest BCUT2D eigenvalue weighted by Crippen LogP contribution is -2.24. The third-order valence-corrected chi connectivity index (χ3v) is 3.72. The van der Waals surface area contributed by atoms with Gasteiger partial charge in [0.1, 0.15) is 0 Å². The Kier molecular flexibility index (Phi) is 5.66. The molecule has 0 radical (unpaired) electrons. The first kappa shape index (κ1) is 15.9. The van der Waals surface area contributed by atoms with Crippen molar-refractivity contribution in [3.8, 4) is 0 Å². The molecule has 0 unspecified atom stereocenters. The van der Waals surface area contributed by atoms with Crippen LogP contribution in [0.5, 0.6) is 0 Å². The minimum absolute atomic E-state index is 0.455. The summed E-state index contributed by atoms with van der Waals surface area (Å²) < 4.78 is 0. The molecular weight excluding hydrogens is 280 g/mol. The molecule has 0 spiro atoms. The summed E-state index contributed by atoms with van der Waals surface area (Å²) in [6.45, 7) is 5.97. The molecular formula is C18H23ClN2. The van der Waals surface area contributed by atoms with E-state index in [1.54, 1.807) is 0 Å². The van der Waals surface area contributed by atoms with E-state index < -0.39 is 0 Å². The van der Waals surface area contributed by atoms with E-state index >= 15 is 0 Å². The van der Waals surface area contributed by atoms with E-state index in [4.69, 9.17) is 11.6 Å². The van der Waals surface area contributed by atoms with Gasteiger partial charge in [0.25, 0.3) is 0 Å². The van der Waals surface area contributed by atoms with Gasteiger partial charge in [-0.05, 0) is 17.2 Å². The molecule has 112 valence electrons. The molecule has 2 aromatic carbocycles. The highest BCUT2D eigenvalue weighted by atomic mass is 35.5. The number of benzene rings is 2. The van der Waals surface area contributed by atoms with E-state index in [1.807, 2.05) is 18.2 Å². The van der Waals surface area contributed by atoms with E-state index in [1.165, 1.54) is 11.1 Å². The maximum Gasteiger partial charge on any atom is 0.0642 e. The van der Waals surface area contributed by atoms with Crippen LogP contribution >= 0.6 is 11.6 Å². The zero-order valence-electron chi connectivity index (χ0n) is 12.9. The minimum Gasteiger partial charge on any atom is -0.369 e. The van der Waals surface area contributed by atoms with Crippen LogP contribution < -0.4 is 10.2 Å². The molecule has 0 aliphatic carbocycles. The van der Waals surface area contributed by atoms with E-state index in [0.717, 1.165) is 23.8 Å².